The molecule has 4 heteroatoms. The summed E-state index contributed by atoms with van der Waals surface area (Å²) in [5.41, 5.74) is 0. The number of carboxylic acid groups (broad SMARTS) is 1. The van der Waals surface area contributed by atoms with Crippen LogP contribution in [0.2, 0.25) is 0 Å². The molecule has 0 saturated heterocycles. The van der Waals surface area contributed by atoms with Crippen molar-refractivity contribution in [1.29, 1.82) is 0 Å². The summed E-state index contributed by atoms with van der Waals surface area (Å²) in [6, 6.07) is 0. The maximum atomic E-state index is 10.8. The van der Waals surface area contributed by atoms with E-state index < -0.39 is 5.97 Å². The van der Waals surface area contributed by atoms with Gasteiger partial charge in [-0.25, -0.2) is 0 Å². The van der Waals surface area contributed by atoms with Gasteiger partial charge in [-0.1, -0.05) is 32.6 Å². The SMILES string of the molecule is COC(=O)CCCCCCCC(C)C(=O)O. The fourth-order valence-electron chi connectivity index (χ4n) is 1.48. The maximum Gasteiger partial charge on any atom is 0.306 e. The summed E-state index contributed by atoms with van der Waals surface area (Å²) >= 11 is 0. The number of unbranched alkanes of at least 4 members (excludes halogenated alkanes) is 4. The third-order valence-electron chi connectivity index (χ3n) is 2.67. The summed E-state index contributed by atoms with van der Waals surface area (Å²) < 4.78 is 4.53. The Kier molecular flexibility index (Phi) is 8.58. The van der Waals surface area contributed by atoms with Crippen molar-refractivity contribution >= 4 is 11.9 Å². The van der Waals surface area contributed by atoms with Crippen LogP contribution < -0.4 is 0 Å². The molecule has 0 rings (SSSR count). The van der Waals surface area contributed by atoms with Crippen LogP contribution in [0, 0.1) is 5.92 Å². The third-order valence-corrected chi connectivity index (χ3v) is 2.67. The molecule has 0 fully saturated rings. The Bertz CT molecular complexity index is 213. The first-order chi connectivity index (χ1) is 7.57. The normalized spacial score (nSPS) is 12.1. The molecular formula is C12H22O4. The Morgan fingerprint density at radius 2 is 1.69 bits per heavy atom. The summed E-state index contributed by atoms with van der Waals surface area (Å²) in [6.07, 6.45) is 6.15. The van der Waals surface area contributed by atoms with E-state index in [9.17, 15) is 9.59 Å². The predicted octanol–water partition coefficient (Wildman–Crippen LogP) is 2.61. The number of hydrogen-bond acceptors (Lipinski definition) is 3. The summed E-state index contributed by atoms with van der Waals surface area (Å²) in [7, 11) is 1.40. The molecule has 1 N–H and O–H groups in total. The smallest absolute Gasteiger partial charge is 0.306 e. The van der Waals surface area contributed by atoms with E-state index in [1.54, 1.807) is 6.92 Å². The number of rotatable bonds is 9. The van der Waals surface area contributed by atoms with Gasteiger partial charge in [0.1, 0.15) is 0 Å². The number of aliphatic carboxylic acids is 1. The fraction of sp³-hybridized carbons (Fsp3) is 0.833. The highest BCUT2D eigenvalue weighted by Gasteiger charge is 2.09. The predicted molar refractivity (Wildman–Crippen MR) is 61.1 cm³/mol. The van der Waals surface area contributed by atoms with Crippen LogP contribution in [-0.2, 0) is 14.3 Å². The van der Waals surface area contributed by atoms with Crippen LogP contribution in [0.3, 0.4) is 0 Å². The van der Waals surface area contributed by atoms with Crippen LogP contribution >= 0.6 is 0 Å². The van der Waals surface area contributed by atoms with Gasteiger partial charge in [-0.3, -0.25) is 9.59 Å². The van der Waals surface area contributed by atoms with Crippen LogP contribution in [0.1, 0.15) is 51.9 Å². The molecule has 0 heterocycles. The molecule has 94 valence electrons. The van der Waals surface area contributed by atoms with E-state index in [1.165, 1.54) is 7.11 Å². The average Bonchev–Trinajstić information content (AvgIpc) is 2.26. The second kappa shape index (κ2) is 9.19. The molecule has 0 bridgehead atoms. The zero-order valence-corrected chi connectivity index (χ0v) is 10.2. The lowest BCUT2D eigenvalue weighted by atomic mass is 10.0. The van der Waals surface area contributed by atoms with Crippen LogP contribution in [-0.4, -0.2) is 24.2 Å². The highest BCUT2D eigenvalue weighted by molar-refractivity contribution is 5.69. The number of carbonyl (C=O) groups excluding carboxylic acids is 1. The van der Waals surface area contributed by atoms with E-state index in [4.69, 9.17) is 5.11 Å². The van der Waals surface area contributed by atoms with E-state index in [2.05, 4.69) is 4.74 Å². The number of esters is 1. The maximum absolute atomic E-state index is 10.8. The van der Waals surface area contributed by atoms with E-state index in [-0.39, 0.29) is 11.9 Å². The summed E-state index contributed by atoms with van der Waals surface area (Å²) in [5, 5.41) is 8.66. The van der Waals surface area contributed by atoms with Crippen LogP contribution in [0.25, 0.3) is 0 Å². The second-order valence-corrected chi connectivity index (χ2v) is 4.12. The number of hydrogen-bond donors (Lipinski definition) is 1. The van der Waals surface area contributed by atoms with Crippen molar-refractivity contribution in [2.24, 2.45) is 5.92 Å². The number of methoxy groups -OCH3 is 1. The second-order valence-electron chi connectivity index (χ2n) is 4.12. The molecule has 0 radical (unpaired) electrons. The zero-order chi connectivity index (χ0) is 12.4. The Labute approximate surface area is 97.0 Å². The van der Waals surface area contributed by atoms with Gasteiger partial charge in [0, 0.05) is 6.42 Å². The summed E-state index contributed by atoms with van der Waals surface area (Å²) in [4.78, 5) is 21.3. The van der Waals surface area contributed by atoms with Crippen molar-refractivity contribution in [3.8, 4) is 0 Å². The quantitative estimate of drug-likeness (QED) is 0.488. The fourth-order valence-corrected chi connectivity index (χ4v) is 1.48. The number of carboxylic acids is 1. The minimum atomic E-state index is -0.717. The molecule has 4 nitrogen and oxygen atoms in total. The van der Waals surface area contributed by atoms with Crippen LogP contribution in [0.15, 0.2) is 0 Å². The molecule has 0 aromatic rings. The zero-order valence-electron chi connectivity index (χ0n) is 10.2. The van der Waals surface area contributed by atoms with Crippen molar-refractivity contribution in [2.45, 2.75) is 51.9 Å². The molecule has 0 aromatic carbocycles. The van der Waals surface area contributed by atoms with Crippen molar-refractivity contribution in [3.05, 3.63) is 0 Å². The third kappa shape index (κ3) is 8.26. The van der Waals surface area contributed by atoms with Gasteiger partial charge in [0.15, 0.2) is 0 Å². The van der Waals surface area contributed by atoms with E-state index >= 15 is 0 Å². The van der Waals surface area contributed by atoms with Crippen molar-refractivity contribution in [2.75, 3.05) is 7.11 Å². The van der Waals surface area contributed by atoms with Crippen molar-refractivity contribution in [1.82, 2.24) is 0 Å². The minimum Gasteiger partial charge on any atom is -0.481 e. The lowest BCUT2D eigenvalue weighted by Crippen LogP contribution is -2.08. The van der Waals surface area contributed by atoms with Gasteiger partial charge in [-0.15, -0.1) is 0 Å². The van der Waals surface area contributed by atoms with Gasteiger partial charge in [-0.05, 0) is 12.8 Å². The van der Waals surface area contributed by atoms with Gasteiger partial charge < -0.3 is 9.84 Å². The van der Waals surface area contributed by atoms with Gasteiger partial charge >= 0.3 is 11.9 Å². The Balaban J connectivity index is 3.22. The van der Waals surface area contributed by atoms with E-state index in [0.29, 0.717) is 6.42 Å². The monoisotopic (exact) mass is 230 g/mol. The van der Waals surface area contributed by atoms with Gasteiger partial charge in [0.25, 0.3) is 0 Å². The molecule has 0 aliphatic rings. The first-order valence-corrected chi connectivity index (χ1v) is 5.87. The van der Waals surface area contributed by atoms with Crippen LogP contribution in [0.4, 0.5) is 0 Å². The molecule has 1 atom stereocenters. The average molecular weight is 230 g/mol. The molecule has 0 aliphatic carbocycles. The highest BCUT2D eigenvalue weighted by atomic mass is 16.5. The summed E-state index contributed by atoms with van der Waals surface area (Å²) in [6.45, 7) is 1.74. The largest absolute Gasteiger partial charge is 0.481 e. The molecule has 0 aliphatic heterocycles. The molecule has 0 aromatic heterocycles. The lowest BCUT2D eigenvalue weighted by molar-refractivity contribution is -0.142. The Morgan fingerprint density at radius 3 is 2.25 bits per heavy atom. The molecule has 0 spiro atoms. The van der Waals surface area contributed by atoms with E-state index in [1.807, 2.05) is 0 Å². The van der Waals surface area contributed by atoms with Gasteiger partial charge in [0.05, 0.1) is 13.0 Å². The molecule has 0 saturated carbocycles. The topological polar surface area (TPSA) is 63.6 Å². The number of carbonyl (C=O) groups is 2. The Morgan fingerprint density at radius 1 is 1.12 bits per heavy atom. The van der Waals surface area contributed by atoms with Crippen molar-refractivity contribution < 1.29 is 19.4 Å². The van der Waals surface area contributed by atoms with Gasteiger partial charge in [0.2, 0.25) is 0 Å². The van der Waals surface area contributed by atoms with E-state index in [0.717, 1.165) is 38.5 Å². The molecule has 16 heavy (non-hydrogen) atoms. The summed E-state index contributed by atoms with van der Waals surface area (Å²) in [5.74, 6) is -1.11. The first-order valence-electron chi connectivity index (χ1n) is 5.87. The lowest BCUT2D eigenvalue weighted by Gasteiger charge is -2.05. The Hall–Kier alpha value is -1.06. The van der Waals surface area contributed by atoms with Crippen LogP contribution in [0.5, 0.6) is 0 Å². The molecule has 1 unspecified atom stereocenters. The minimum absolute atomic E-state index is 0.153. The van der Waals surface area contributed by atoms with Crippen molar-refractivity contribution in [3.63, 3.8) is 0 Å². The molecule has 0 amide bonds. The van der Waals surface area contributed by atoms with Gasteiger partial charge in [-0.2, -0.15) is 0 Å². The number of ether oxygens (including phenoxy) is 1. The highest BCUT2D eigenvalue weighted by Crippen LogP contribution is 2.12. The first kappa shape index (κ1) is 14.9. The standard InChI is InChI=1S/C12H22O4/c1-10(12(14)15)8-6-4-3-5-7-9-11(13)16-2/h10H,3-9H2,1-2H3,(H,14,15). The molecular weight excluding hydrogens is 208 g/mol.